The lowest BCUT2D eigenvalue weighted by atomic mass is 10.2. The van der Waals surface area contributed by atoms with Gasteiger partial charge in [-0.05, 0) is 12.3 Å². The van der Waals surface area contributed by atoms with Crippen LogP contribution in [0.4, 0.5) is 0 Å². The molecular weight excluding hydrogens is 132 g/mol. The quantitative estimate of drug-likeness (QED) is 0.496. The third-order valence-corrected chi connectivity index (χ3v) is 2.43. The highest BCUT2D eigenvalue weighted by atomic mass is 14.4. The molecule has 2 rings (SSSR count). The lowest BCUT2D eigenvalue weighted by molar-refractivity contribution is 0.816. The van der Waals surface area contributed by atoms with Crippen molar-refractivity contribution in [1.29, 1.82) is 0 Å². The molecule has 0 aliphatic heterocycles. The zero-order chi connectivity index (χ0) is 7.68. The summed E-state index contributed by atoms with van der Waals surface area (Å²) >= 11 is 0. The monoisotopic (exact) mass is 144 g/mol. The van der Waals surface area contributed by atoms with Crippen molar-refractivity contribution in [3.63, 3.8) is 0 Å². The molecule has 0 nitrogen and oxygen atoms in total. The van der Waals surface area contributed by atoms with Gasteiger partial charge in [-0.1, -0.05) is 42.0 Å². The molecule has 2 aliphatic rings. The molecule has 0 heteroatoms. The summed E-state index contributed by atoms with van der Waals surface area (Å²) in [5.41, 5.74) is 1.56. The Morgan fingerprint density at radius 3 is 3.09 bits per heavy atom. The molecule has 0 N–H and O–H groups in total. The Morgan fingerprint density at radius 1 is 1.36 bits per heavy atom. The van der Waals surface area contributed by atoms with Gasteiger partial charge in [-0.25, -0.2) is 0 Å². The van der Waals surface area contributed by atoms with Gasteiger partial charge in [0.05, 0.1) is 0 Å². The molecule has 0 saturated heterocycles. The molecule has 1 saturated carbocycles. The summed E-state index contributed by atoms with van der Waals surface area (Å²) in [6.07, 6.45) is 14.0. The fourth-order valence-electron chi connectivity index (χ4n) is 1.72. The number of allylic oxidation sites excluding steroid dienone is 7. The van der Waals surface area contributed by atoms with E-state index in [0.717, 1.165) is 5.92 Å². The molecule has 56 valence electrons. The minimum absolute atomic E-state index is 0.669. The van der Waals surface area contributed by atoms with Gasteiger partial charge in [0, 0.05) is 5.92 Å². The van der Waals surface area contributed by atoms with Crippen molar-refractivity contribution in [2.45, 2.75) is 6.42 Å². The largest absolute Gasteiger partial charge is 0.102 e. The van der Waals surface area contributed by atoms with E-state index >= 15 is 0 Å². The van der Waals surface area contributed by atoms with Gasteiger partial charge in [0.25, 0.3) is 0 Å². The second kappa shape index (κ2) is 2.54. The molecule has 0 spiro atoms. The van der Waals surface area contributed by atoms with Crippen LogP contribution in [0.5, 0.6) is 0 Å². The van der Waals surface area contributed by atoms with Crippen LogP contribution in [-0.2, 0) is 0 Å². The molecule has 2 aliphatic carbocycles. The summed E-state index contributed by atoms with van der Waals surface area (Å²) < 4.78 is 0. The van der Waals surface area contributed by atoms with Crippen LogP contribution in [0, 0.1) is 11.8 Å². The van der Waals surface area contributed by atoms with E-state index in [1.54, 1.807) is 5.57 Å². The van der Waals surface area contributed by atoms with Gasteiger partial charge in [-0.15, -0.1) is 6.58 Å². The van der Waals surface area contributed by atoms with E-state index in [-0.39, 0.29) is 0 Å². The number of fused-ring (bicyclic) bond motifs is 1. The predicted molar refractivity (Wildman–Crippen MR) is 48.2 cm³/mol. The van der Waals surface area contributed by atoms with Crippen molar-refractivity contribution >= 4 is 0 Å². The predicted octanol–water partition coefficient (Wildman–Crippen LogP) is 2.86. The molecule has 0 aromatic heterocycles. The van der Waals surface area contributed by atoms with E-state index in [2.05, 4.69) is 43.0 Å². The molecule has 0 aromatic carbocycles. The topological polar surface area (TPSA) is 0 Å². The first kappa shape index (κ1) is 6.66. The summed E-state index contributed by atoms with van der Waals surface area (Å²) in [5.74, 6) is 1.44. The van der Waals surface area contributed by atoms with Crippen molar-refractivity contribution in [3.05, 3.63) is 48.6 Å². The van der Waals surface area contributed by atoms with Crippen LogP contribution < -0.4 is 0 Å². The van der Waals surface area contributed by atoms with Gasteiger partial charge in [0.1, 0.15) is 0 Å². The Kier molecular flexibility index (Phi) is 1.54. The Balaban J connectivity index is 2.21. The van der Waals surface area contributed by atoms with Crippen molar-refractivity contribution in [1.82, 2.24) is 0 Å². The van der Waals surface area contributed by atoms with E-state index in [9.17, 15) is 0 Å². The van der Waals surface area contributed by atoms with Crippen molar-refractivity contribution in [3.8, 4) is 0 Å². The van der Waals surface area contributed by atoms with Gasteiger partial charge >= 0.3 is 0 Å². The highest BCUT2D eigenvalue weighted by Crippen LogP contribution is 2.49. The van der Waals surface area contributed by atoms with Crippen molar-refractivity contribution in [2.75, 3.05) is 0 Å². The Labute approximate surface area is 67.6 Å². The van der Waals surface area contributed by atoms with Crippen LogP contribution in [0.2, 0.25) is 0 Å². The molecule has 0 unspecified atom stereocenters. The maximum absolute atomic E-state index is 3.82. The SMILES string of the molecule is C=C[C@@H]1C2=CC=CC=CC[C@H]21. The summed E-state index contributed by atoms with van der Waals surface area (Å²) in [6.45, 7) is 3.82. The Morgan fingerprint density at radius 2 is 2.27 bits per heavy atom. The van der Waals surface area contributed by atoms with E-state index in [0.29, 0.717) is 5.92 Å². The van der Waals surface area contributed by atoms with E-state index in [1.807, 2.05) is 0 Å². The molecule has 2 atom stereocenters. The van der Waals surface area contributed by atoms with Crippen LogP contribution in [0.1, 0.15) is 6.42 Å². The van der Waals surface area contributed by atoms with Gasteiger partial charge in [-0.2, -0.15) is 0 Å². The zero-order valence-corrected chi connectivity index (χ0v) is 6.53. The second-order valence-corrected chi connectivity index (χ2v) is 3.08. The minimum Gasteiger partial charge on any atom is -0.102 e. The van der Waals surface area contributed by atoms with Crippen LogP contribution in [0.25, 0.3) is 0 Å². The lowest BCUT2D eigenvalue weighted by Crippen LogP contribution is -1.74. The molecule has 0 radical (unpaired) electrons. The van der Waals surface area contributed by atoms with Crippen molar-refractivity contribution < 1.29 is 0 Å². The van der Waals surface area contributed by atoms with Gasteiger partial charge in [0.15, 0.2) is 0 Å². The van der Waals surface area contributed by atoms with Crippen LogP contribution in [-0.4, -0.2) is 0 Å². The standard InChI is InChI=1S/C11H12/c1-2-9-10-7-5-3-4-6-8-11(9)10/h2-7,9,11H,1,8H2/t9-,11+/m1/s1. The maximum Gasteiger partial charge on any atom is 0.00492 e. The first-order chi connectivity index (χ1) is 5.43. The fraction of sp³-hybridized carbons (Fsp3) is 0.273. The van der Waals surface area contributed by atoms with Crippen LogP contribution >= 0.6 is 0 Å². The van der Waals surface area contributed by atoms with Crippen LogP contribution in [0.15, 0.2) is 48.6 Å². The Hall–Kier alpha value is -1.04. The molecule has 0 aromatic rings. The lowest BCUT2D eigenvalue weighted by Gasteiger charge is -1.87. The molecule has 0 heterocycles. The molecule has 0 amide bonds. The minimum atomic E-state index is 0.669. The number of hydrogen-bond acceptors (Lipinski definition) is 0. The molecular formula is C11H12. The molecule has 11 heavy (non-hydrogen) atoms. The van der Waals surface area contributed by atoms with Crippen molar-refractivity contribution in [2.24, 2.45) is 11.8 Å². The third kappa shape index (κ3) is 1.09. The first-order valence-electron chi connectivity index (χ1n) is 4.09. The van der Waals surface area contributed by atoms with E-state index < -0.39 is 0 Å². The second-order valence-electron chi connectivity index (χ2n) is 3.08. The Bertz CT molecular complexity index is 253. The van der Waals surface area contributed by atoms with Gasteiger partial charge in [-0.3, -0.25) is 0 Å². The smallest absolute Gasteiger partial charge is 0.00492 e. The van der Waals surface area contributed by atoms with E-state index in [4.69, 9.17) is 0 Å². The fourth-order valence-corrected chi connectivity index (χ4v) is 1.72. The summed E-state index contributed by atoms with van der Waals surface area (Å²) in [5, 5.41) is 0. The zero-order valence-electron chi connectivity index (χ0n) is 6.53. The first-order valence-corrected chi connectivity index (χ1v) is 4.09. The molecule has 1 fully saturated rings. The van der Waals surface area contributed by atoms with Crippen LogP contribution in [0.3, 0.4) is 0 Å². The average molecular weight is 144 g/mol. The maximum atomic E-state index is 3.82. The van der Waals surface area contributed by atoms with E-state index in [1.165, 1.54) is 6.42 Å². The average Bonchev–Trinajstić information content (AvgIpc) is 2.60. The normalized spacial score (nSPS) is 33.3. The highest BCUT2D eigenvalue weighted by molar-refractivity contribution is 5.39. The van der Waals surface area contributed by atoms with Gasteiger partial charge in [0.2, 0.25) is 0 Å². The third-order valence-electron chi connectivity index (χ3n) is 2.43. The summed E-state index contributed by atoms with van der Waals surface area (Å²) in [6, 6.07) is 0. The van der Waals surface area contributed by atoms with Gasteiger partial charge < -0.3 is 0 Å². The summed E-state index contributed by atoms with van der Waals surface area (Å²) in [4.78, 5) is 0. The number of hydrogen-bond donors (Lipinski definition) is 0. The number of rotatable bonds is 1. The molecule has 0 bridgehead atoms. The highest BCUT2D eigenvalue weighted by Gasteiger charge is 2.39. The summed E-state index contributed by atoms with van der Waals surface area (Å²) in [7, 11) is 0.